The predicted octanol–water partition coefficient (Wildman–Crippen LogP) is 4.65. The molecule has 2 aromatic carbocycles. The van der Waals surface area contributed by atoms with Crippen LogP contribution in [0.2, 0.25) is 5.02 Å². The fourth-order valence-corrected chi connectivity index (χ4v) is 6.09. The number of anilines is 1. The third kappa shape index (κ3) is 5.40. The summed E-state index contributed by atoms with van der Waals surface area (Å²) in [6, 6.07) is 11.2. The molecule has 0 saturated carbocycles. The number of ether oxygens (including phenoxy) is 2. The van der Waals surface area contributed by atoms with E-state index in [1.54, 1.807) is 30.3 Å². The number of rotatable bonds is 8. The van der Waals surface area contributed by atoms with Crippen LogP contribution < -0.4 is 14.2 Å². The van der Waals surface area contributed by atoms with E-state index in [9.17, 15) is 8.42 Å². The summed E-state index contributed by atoms with van der Waals surface area (Å²) in [6.07, 6.45) is 2.06. The lowest BCUT2D eigenvalue weighted by atomic mass is 10.1. The van der Waals surface area contributed by atoms with Crippen LogP contribution in [0.25, 0.3) is 22.4 Å². The van der Waals surface area contributed by atoms with Crippen LogP contribution in [0.3, 0.4) is 0 Å². The standard InChI is InChI=1S/C26H29ClN6O4S/c1-4-33-13-5-6-20(15-33)37-26-23-16(2)30-31-25(23)28-24(29-26)17-7-9-18(10-8-17)32-38(34,35)22-14-19(36-3)11-12-21(22)27/h7-12,14,20,32H,4-6,13,15H2,1-3H3,(H,28,29,30,31). The molecule has 3 heterocycles. The number of aryl methyl sites for hydroxylation is 1. The topological polar surface area (TPSA) is 122 Å². The Hall–Kier alpha value is -3.41. The minimum Gasteiger partial charge on any atom is -0.497 e. The van der Waals surface area contributed by atoms with Crippen molar-refractivity contribution in [3.8, 4) is 23.0 Å². The molecule has 1 aliphatic rings. The number of piperidine rings is 1. The van der Waals surface area contributed by atoms with Gasteiger partial charge in [0.15, 0.2) is 11.5 Å². The van der Waals surface area contributed by atoms with E-state index in [1.807, 2.05) is 6.92 Å². The maximum absolute atomic E-state index is 13.0. The molecule has 4 aromatic rings. The number of likely N-dealkylation sites (N-methyl/N-ethyl adjacent to an activating group) is 1. The Morgan fingerprint density at radius 1 is 1.18 bits per heavy atom. The molecule has 200 valence electrons. The molecule has 2 N–H and O–H groups in total. The number of aromatic amines is 1. The first kappa shape index (κ1) is 26.2. The number of methoxy groups -OCH3 is 1. The lowest BCUT2D eigenvalue weighted by Gasteiger charge is -2.31. The number of halogens is 1. The number of fused-ring (bicyclic) bond motifs is 1. The van der Waals surface area contributed by atoms with Gasteiger partial charge in [0.05, 0.1) is 12.1 Å². The summed E-state index contributed by atoms with van der Waals surface area (Å²) >= 11 is 6.15. The lowest BCUT2D eigenvalue weighted by Crippen LogP contribution is -2.41. The van der Waals surface area contributed by atoms with Gasteiger partial charge in [-0.3, -0.25) is 14.7 Å². The van der Waals surface area contributed by atoms with Crippen LogP contribution in [0, 0.1) is 6.92 Å². The molecule has 1 fully saturated rings. The highest BCUT2D eigenvalue weighted by Crippen LogP contribution is 2.31. The van der Waals surface area contributed by atoms with Crippen molar-refractivity contribution in [2.24, 2.45) is 0 Å². The molecular formula is C26H29ClN6O4S. The smallest absolute Gasteiger partial charge is 0.263 e. The van der Waals surface area contributed by atoms with E-state index >= 15 is 0 Å². The molecule has 2 aromatic heterocycles. The number of nitrogens with zero attached hydrogens (tertiary/aromatic N) is 4. The zero-order valence-corrected chi connectivity index (χ0v) is 22.9. The van der Waals surface area contributed by atoms with Gasteiger partial charge in [0.2, 0.25) is 5.88 Å². The van der Waals surface area contributed by atoms with Gasteiger partial charge in [0, 0.05) is 29.6 Å². The molecular weight excluding hydrogens is 528 g/mol. The fourth-order valence-electron chi connectivity index (χ4n) is 4.51. The number of likely N-dealkylation sites (tertiary alicyclic amines) is 1. The van der Waals surface area contributed by atoms with Crippen LogP contribution in [0.1, 0.15) is 25.5 Å². The summed E-state index contributed by atoms with van der Waals surface area (Å²) in [5.41, 5.74) is 2.41. The molecule has 5 rings (SSSR count). The van der Waals surface area contributed by atoms with Gasteiger partial charge in [0.25, 0.3) is 10.0 Å². The molecule has 0 radical (unpaired) electrons. The van der Waals surface area contributed by atoms with Crippen LogP contribution in [0.15, 0.2) is 47.4 Å². The van der Waals surface area contributed by atoms with Crippen molar-refractivity contribution in [3.05, 3.63) is 53.2 Å². The van der Waals surface area contributed by atoms with E-state index in [0.717, 1.165) is 43.6 Å². The van der Waals surface area contributed by atoms with Gasteiger partial charge in [-0.05, 0) is 69.3 Å². The number of aromatic nitrogens is 4. The van der Waals surface area contributed by atoms with Crippen LogP contribution in [0.4, 0.5) is 5.69 Å². The highest BCUT2D eigenvalue weighted by Gasteiger charge is 2.24. The summed E-state index contributed by atoms with van der Waals surface area (Å²) in [4.78, 5) is 11.7. The van der Waals surface area contributed by atoms with Gasteiger partial charge < -0.3 is 9.47 Å². The zero-order valence-electron chi connectivity index (χ0n) is 21.4. The van der Waals surface area contributed by atoms with Gasteiger partial charge in [-0.15, -0.1) is 0 Å². The van der Waals surface area contributed by atoms with Crippen molar-refractivity contribution in [1.29, 1.82) is 0 Å². The first-order valence-corrected chi connectivity index (χ1v) is 14.2. The molecule has 38 heavy (non-hydrogen) atoms. The Balaban J connectivity index is 1.41. The van der Waals surface area contributed by atoms with E-state index in [0.29, 0.717) is 34.4 Å². The molecule has 0 bridgehead atoms. The van der Waals surface area contributed by atoms with Crippen molar-refractivity contribution in [2.75, 3.05) is 31.5 Å². The van der Waals surface area contributed by atoms with Gasteiger partial charge in [-0.2, -0.15) is 10.1 Å². The molecule has 1 atom stereocenters. The highest BCUT2D eigenvalue weighted by atomic mass is 35.5. The van der Waals surface area contributed by atoms with Gasteiger partial charge >= 0.3 is 0 Å². The van der Waals surface area contributed by atoms with Crippen LogP contribution in [-0.4, -0.2) is 66.3 Å². The predicted molar refractivity (Wildman–Crippen MR) is 146 cm³/mol. The highest BCUT2D eigenvalue weighted by molar-refractivity contribution is 7.92. The average Bonchev–Trinajstić information content (AvgIpc) is 3.30. The van der Waals surface area contributed by atoms with E-state index in [-0.39, 0.29) is 16.0 Å². The van der Waals surface area contributed by atoms with E-state index in [2.05, 4.69) is 31.7 Å². The van der Waals surface area contributed by atoms with E-state index < -0.39 is 10.0 Å². The number of sulfonamides is 1. The number of hydrogen-bond acceptors (Lipinski definition) is 8. The second kappa shape index (κ2) is 10.8. The maximum atomic E-state index is 13.0. The molecule has 12 heteroatoms. The summed E-state index contributed by atoms with van der Waals surface area (Å²) in [7, 11) is -2.48. The third-order valence-electron chi connectivity index (χ3n) is 6.57. The number of hydrogen-bond donors (Lipinski definition) is 2. The quantitative estimate of drug-likeness (QED) is 0.321. The summed E-state index contributed by atoms with van der Waals surface area (Å²) in [5.74, 6) is 1.32. The molecule has 1 aliphatic heterocycles. The summed E-state index contributed by atoms with van der Waals surface area (Å²) in [6.45, 7) is 6.97. The Labute approximate surface area is 226 Å². The average molecular weight is 557 g/mol. The van der Waals surface area contributed by atoms with Crippen molar-refractivity contribution < 1.29 is 17.9 Å². The summed E-state index contributed by atoms with van der Waals surface area (Å²) < 4.78 is 40.0. The zero-order chi connectivity index (χ0) is 26.9. The number of nitrogens with one attached hydrogen (secondary N) is 2. The number of benzene rings is 2. The van der Waals surface area contributed by atoms with Gasteiger partial charge in [0.1, 0.15) is 22.1 Å². The minimum atomic E-state index is -3.94. The molecule has 0 amide bonds. The summed E-state index contributed by atoms with van der Waals surface area (Å²) in [5, 5.41) is 8.17. The van der Waals surface area contributed by atoms with Crippen molar-refractivity contribution in [3.63, 3.8) is 0 Å². The van der Waals surface area contributed by atoms with E-state index in [1.165, 1.54) is 19.2 Å². The fraction of sp³-hybridized carbons (Fsp3) is 0.346. The first-order chi connectivity index (χ1) is 18.3. The van der Waals surface area contributed by atoms with Crippen molar-refractivity contribution >= 4 is 38.3 Å². The SMILES string of the molecule is CCN1CCCC(Oc2nc(-c3ccc(NS(=O)(=O)c4cc(OC)ccc4Cl)cc3)nc3n[nH]c(C)c23)C1. The molecule has 1 saturated heterocycles. The Bertz CT molecular complexity index is 1560. The van der Waals surface area contributed by atoms with Crippen LogP contribution in [-0.2, 0) is 10.0 Å². The van der Waals surface area contributed by atoms with Crippen molar-refractivity contribution in [2.45, 2.75) is 37.7 Å². The minimum absolute atomic E-state index is 0.0316. The Morgan fingerprint density at radius 3 is 2.71 bits per heavy atom. The molecule has 0 aliphatic carbocycles. The Morgan fingerprint density at radius 2 is 1.97 bits per heavy atom. The maximum Gasteiger partial charge on any atom is 0.263 e. The van der Waals surface area contributed by atoms with Crippen LogP contribution in [0.5, 0.6) is 11.6 Å². The van der Waals surface area contributed by atoms with Crippen molar-refractivity contribution in [1.82, 2.24) is 25.1 Å². The second-order valence-electron chi connectivity index (χ2n) is 9.15. The van der Waals surface area contributed by atoms with Gasteiger partial charge in [-0.1, -0.05) is 18.5 Å². The first-order valence-electron chi connectivity index (χ1n) is 12.4. The van der Waals surface area contributed by atoms with Gasteiger partial charge in [-0.25, -0.2) is 13.4 Å². The largest absolute Gasteiger partial charge is 0.497 e. The van der Waals surface area contributed by atoms with E-state index in [4.69, 9.17) is 26.1 Å². The van der Waals surface area contributed by atoms with Crippen LogP contribution >= 0.6 is 11.6 Å². The molecule has 0 spiro atoms. The third-order valence-corrected chi connectivity index (χ3v) is 8.44. The molecule has 1 unspecified atom stereocenters. The normalized spacial score (nSPS) is 16.5. The second-order valence-corrected chi connectivity index (χ2v) is 11.2. The molecule has 10 nitrogen and oxygen atoms in total. The monoisotopic (exact) mass is 556 g/mol. The lowest BCUT2D eigenvalue weighted by molar-refractivity contribution is 0.0896. The Kier molecular flexibility index (Phi) is 7.42. The number of H-pyrrole nitrogens is 1.